The van der Waals surface area contributed by atoms with Crippen LogP contribution in [0.15, 0.2) is 42.5 Å². The van der Waals surface area contributed by atoms with Gasteiger partial charge in [0.25, 0.3) is 0 Å². The molecule has 0 spiro atoms. The van der Waals surface area contributed by atoms with Crippen LogP contribution in [0.1, 0.15) is 12.0 Å². The predicted molar refractivity (Wildman–Crippen MR) is 100 cm³/mol. The average molecular weight is 364 g/mol. The van der Waals surface area contributed by atoms with E-state index in [0.717, 1.165) is 19.5 Å². The maximum absolute atomic E-state index is 12.2. The molecule has 1 aliphatic rings. The molecule has 1 saturated heterocycles. The molecule has 2 amide bonds. The van der Waals surface area contributed by atoms with Crippen LogP contribution >= 0.6 is 23.2 Å². The number of aryl methyl sites for hydroxylation is 1. The van der Waals surface area contributed by atoms with Crippen LogP contribution in [0.2, 0.25) is 10.0 Å². The third-order valence-electron chi connectivity index (χ3n) is 4.09. The van der Waals surface area contributed by atoms with Crippen LogP contribution in [0.25, 0.3) is 0 Å². The van der Waals surface area contributed by atoms with Gasteiger partial charge < -0.3 is 15.5 Å². The lowest BCUT2D eigenvalue weighted by atomic mass is 10.2. The molecule has 4 nitrogen and oxygen atoms in total. The Morgan fingerprint density at radius 2 is 2.00 bits per heavy atom. The predicted octanol–water partition coefficient (Wildman–Crippen LogP) is 4.70. The molecule has 0 bridgehead atoms. The van der Waals surface area contributed by atoms with Crippen LogP contribution in [-0.4, -0.2) is 25.2 Å². The fourth-order valence-electron chi connectivity index (χ4n) is 2.88. The summed E-state index contributed by atoms with van der Waals surface area (Å²) >= 11 is 12.0. The lowest BCUT2D eigenvalue weighted by molar-refractivity contribution is 0.249. The molecule has 3 rings (SSSR count). The third-order valence-corrected chi connectivity index (χ3v) is 4.91. The van der Waals surface area contributed by atoms with Gasteiger partial charge in [-0.3, -0.25) is 0 Å². The largest absolute Gasteiger partial charge is 0.369 e. The first-order valence-electron chi connectivity index (χ1n) is 7.86. The molecular weight excluding hydrogens is 345 g/mol. The molecule has 0 radical (unpaired) electrons. The summed E-state index contributed by atoms with van der Waals surface area (Å²) in [5.41, 5.74) is 2.94. The van der Waals surface area contributed by atoms with E-state index in [4.69, 9.17) is 23.2 Å². The lowest BCUT2D eigenvalue weighted by Gasteiger charge is -2.19. The number of hydrogen-bond acceptors (Lipinski definition) is 2. The highest BCUT2D eigenvalue weighted by molar-refractivity contribution is 6.43. The van der Waals surface area contributed by atoms with Gasteiger partial charge in [0.15, 0.2) is 0 Å². The summed E-state index contributed by atoms with van der Waals surface area (Å²) in [6.45, 7) is 3.80. The molecule has 1 heterocycles. The van der Waals surface area contributed by atoms with Crippen molar-refractivity contribution in [3.63, 3.8) is 0 Å². The van der Waals surface area contributed by atoms with Gasteiger partial charge in [0.2, 0.25) is 0 Å². The summed E-state index contributed by atoms with van der Waals surface area (Å²) in [5, 5.41) is 6.52. The van der Waals surface area contributed by atoms with Crippen LogP contribution in [0, 0.1) is 6.92 Å². The van der Waals surface area contributed by atoms with Crippen molar-refractivity contribution in [2.24, 2.45) is 0 Å². The first-order chi connectivity index (χ1) is 11.5. The van der Waals surface area contributed by atoms with Crippen molar-refractivity contribution in [2.75, 3.05) is 23.3 Å². The van der Waals surface area contributed by atoms with E-state index < -0.39 is 0 Å². The summed E-state index contributed by atoms with van der Waals surface area (Å²) in [4.78, 5) is 14.5. The van der Waals surface area contributed by atoms with Gasteiger partial charge in [-0.15, -0.1) is 0 Å². The van der Waals surface area contributed by atoms with E-state index in [0.29, 0.717) is 15.7 Å². The van der Waals surface area contributed by atoms with Gasteiger partial charge in [-0.1, -0.05) is 41.4 Å². The summed E-state index contributed by atoms with van der Waals surface area (Å²) < 4.78 is 0. The minimum atomic E-state index is -0.268. The summed E-state index contributed by atoms with van der Waals surface area (Å²) in [7, 11) is 0. The molecule has 1 aliphatic heterocycles. The third kappa shape index (κ3) is 3.94. The fraction of sp³-hybridized carbons (Fsp3) is 0.278. The minimum Gasteiger partial charge on any atom is -0.369 e. The Kier molecular flexibility index (Phi) is 5.17. The summed E-state index contributed by atoms with van der Waals surface area (Å²) in [6.07, 6.45) is 0.907. The number of hydrogen-bond donors (Lipinski definition) is 2. The normalized spacial score (nSPS) is 17.0. The number of urea groups is 1. The maximum Gasteiger partial charge on any atom is 0.319 e. The van der Waals surface area contributed by atoms with Crippen molar-refractivity contribution in [1.29, 1.82) is 0 Å². The number of carbonyl (C=O) groups is 1. The van der Waals surface area contributed by atoms with E-state index in [9.17, 15) is 4.79 Å². The number of halogens is 2. The molecule has 2 aromatic rings. The van der Waals surface area contributed by atoms with Crippen molar-refractivity contribution in [1.82, 2.24) is 5.32 Å². The highest BCUT2D eigenvalue weighted by atomic mass is 35.5. The number of benzene rings is 2. The number of amides is 2. The van der Waals surface area contributed by atoms with Crippen LogP contribution in [0.3, 0.4) is 0 Å². The molecule has 2 aromatic carbocycles. The van der Waals surface area contributed by atoms with E-state index in [1.54, 1.807) is 18.2 Å². The zero-order chi connectivity index (χ0) is 17.1. The second kappa shape index (κ2) is 7.32. The van der Waals surface area contributed by atoms with E-state index >= 15 is 0 Å². The monoisotopic (exact) mass is 363 g/mol. The molecule has 126 valence electrons. The smallest absolute Gasteiger partial charge is 0.319 e. The van der Waals surface area contributed by atoms with E-state index in [2.05, 4.69) is 46.7 Å². The number of nitrogens with one attached hydrogen (secondary N) is 2. The van der Waals surface area contributed by atoms with Gasteiger partial charge in [-0.05, 0) is 43.2 Å². The second-order valence-corrected chi connectivity index (χ2v) is 6.76. The highest BCUT2D eigenvalue weighted by Crippen LogP contribution is 2.29. The Labute approximate surface area is 151 Å². The summed E-state index contributed by atoms with van der Waals surface area (Å²) in [5.74, 6) is 0. The van der Waals surface area contributed by atoms with Gasteiger partial charge >= 0.3 is 6.03 Å². The Morgan fingerprint density at radius 3 is 2.79 bits per heavy atom. The van der Waals surface area contributed by atoms with Crippen molar-refractivity contribution in [3.05, 3.63) is 58.1 Å². The molecule has 6 heteroatoms. The van der Waals surface area contributed by atoms with Gasteiger partial charge in [0, 0.05) is 24.8 Å². The molecule has 2 N–H and O–H groups in total. The van der Waals surface area contributed by atoms with Crippen LogP contribution in [0.5, 0.6) is 0 Å². The van der Waals surface area contributed by atoms with Crippen molar-refractivity contribution < 1.29 is 4.79 Å². The fourth-order valence-corrected chi connectivity index (χ4v) is 3.23. The van der Waals surface area contributed by atoms with E-state index in [1.165, 1.54) is 11.3 Å². The second-order valence-electron chi connectivity index (χ2n) is 5.97. The molecule has 24 heavy (non-hydrogen) atoms. The van der Waals surface area contributed by atoms with Crippen LogP contribution < -0.4 is 15.5 Å². The van der Waals surface area contributed by atoms with Crippen LogP contribution in [0.4, 0.5) is 16.2 Å². The Balaban J connectivity index is 1.57. The zero-order valence-electron chi connectivity index (χ0n) is 13.4. The van der Waals surface area contributed by atoms with Gasteiger partial charge in [-0.2, -0.15) is 0 Å². The Hall–Kier alpha value is -1.91. The molecule has 0 aliphatic carbocycles. The average Bonchev–Trinajstić information content (AvgIpc) is 3.00. The zero-order valence-corrected chi connectivity index (χ0v) is 14.9. The summed E-state index contributed by atoms with van der Waals surface area (Å²) in [6, 6.07) is 13.4. The quantitative estimate of drug-likeness (QED) is 0.829. The molecule has 1 atom stereocenters. The first-order valence-corrected chi connectivity index (χ1v) is 8.61. The molecule has 0 saturated carbocycles. The van der Waals surface area contributed by atoms with Crippen molar-refractivity contribution in [3.8, 4) is 0 Å². The number of anilines is 2. The first kappa shape index (κ1) is 16.9. The Morgan fingerprint density at radius 1 is 1.21 bits per heavy atom. The van der Waals surface area contributed by atoms with Crippen LogP contribution in [-0.2, 0) is 0 Å². The minimum absolute atomic E-state index is 0.100. The molecule has 1 fully saturated rings. The topological polar surface area (TPSA) is 44.4 Å². The lowest BCUT2D eigenvalue weighted by Crippen LogP contribution is -2.39. The molecule has 0 aromatic heterocycles. The highest BCUT2D eigenvalue weighted by Gasteiger charge is 2.24. The van der Waals surface area contributed by atoms with Gasteiger partial charge in [-0.25, -0.2) is 4.79 Å². The standard InChI is InChI=1S/C18H19Cl2N3O/c1-12-4-2-5-14(10-12)23-9-8-13(11-23)21-18(24)22-16-7-3-6-15(19)17(16)20/h2-7,10,13H,8-9,11H2,1H3,(H2,21,22,24)/t13-/m1/s1. The maximum atomic E-state index is 12.2. The molecular formula is C18H19Cl2N3O. The Bertz CT molecular complexity index is 751. The SMILES string of the molecule is Cc1cccc(N2CC[C@@H](NC(=O)Nc3cccc(Cl)c3Cl)C2)c1. The molecule has 0 unspecified atom stereocenters. The van der Waals surface area contributed by atoms with Gasteiger partial charge in [0.1, 0.15) is 0 Å². The number of nitrogens with zero attached hydrogens (tertiary/aromatic N) is 1. The van der Waals surface area contributed by atoms with E-state index in [1.807, 2.05) is 0 Å². The van der Waals surface area contributed by atoms with Gasteiger partial charge in [0.05, 0.1) is 15.7 Å². The number of rotatable bonds is 3. The van der Waals surface area contributed by atoms with Crippen molar-refractivity contribution in [2.45, 2.75) is 19.4 Å². The number of carbonyl (C=O) groups excluding carboxylic acids is 1. The van der Waals surface area contributed by atoms with Crippen molar-refractivity contribution >= 4 is 40.6 Å². The van der Waals surface area contributed by atoms with E-state index in [-0.39, 0.29) is 12.1 Å².